The van der Waals surface area contributed by atoms with Gasteiger partial charge in [0.05, 0.1) is 11.5 Å². The number of carbonyl (C=O) groups excluding carboxylic acids is 2. The van der Waals surface area contributed by atoms with Crippen LogP contribution in [-0.2, 0) is 9.59 Å². The van der Waals surface area contributed by atoms with Gasteiger partial charge < -0.3 is 10.2 Å². The second kappa shape index (κ2) is 3.25. The number of carbonyl (C=O) groups is 2. The molecule has 4 heteroatoms. The van der Waals surface area contributed by atoms with Crippen molar-refractivity contribution in [1.29, 1.82) is 0 Å². The van der Waals surface area contributed by atoms with Gasteiger partial charge in [0.1, 0.15) is 5.60 Å². The van der Waals surface area contributed by atoms with E-state index in [0.29, 0.717) is 0 Å². The van der Waals surface area contributed by atoms with E-state index in [4.69, 9.17) is 0 Å². The van der Waals surface area contributed by atoms with Gasteiger partial charge in [-0.1, -0.05) is 19.9 Å². The molecule has 0 saturated heterocycles. The summed E-state index contributed by atoms with van der Waals surface area (Å²) >= 11 is 0. The summed E-state index contributed by atoms with van der Waals surface area (Å²) in [6.45, 7) is 5.23. The number of fused-ring (bicyclic) bond motifs is 1. The van der Waals surface area contributed by atoms with Gasteiger partial charge in [0.2, 0.25) is 0 Å². The molecule has 0 aromatic heterocycles. The predicted molar refractivity (Wildman–Crippen MR) is 68.2 cm³/mol. The fourth-order valence-corrected chi connectivity index (χ4v) is 4.10. The molecular formula is C15H18O4. The molecule has 0 heterocycles. The van der Waals surface area contributed by atoms with Crippen LogP contribution < -0.4 is 0 Å². The van der Waals surface area contributed by atoms with Crippen LogP contribution in [0.1, 0.15) is 27.2 Å². The molecule has 3 aliphatic rings. The van der Waals surface area contributed by atoms with Crippen molar-refractivity contribution in [3.05, 3.63) is 23.8 Å². The summed E-state index contributed by atoms with van der Waals surface area (Å²) in [5.74, 6) is -1.17. The zero-order valence-electron chi connectivity index (χ0n) is 11.3. The standard InChI is InChI=1S/C15H18O4/c1-8-12(18)14(3)10(16)5-4-9-6-11(17)15(8,19)7-13(9,14)2/h4-6,8,12,18-19H,7H2,1-3H3/t8-,12-,13+,14+,15-/m1/s1. The first-order valence-corrected chi connectivity index (χ1v) is 6.57. The van der Waals surface area contributed by atoms with Crippen LogP contribution in [0, 0.1) is 16.7 Å². The third kappa shape index (κ3) is 1.13. The maximum absolute atomic E-state index is 12.3. The molecule has 2 bridgehead atoms. The number of aliphatic hydroxyl groups excluding tert-OH is 1. The fourth-order valence-electron chi connectivity index (χ4n) is 4.10. The van der Waals surface area contributed by atoms with Crippen LogP contribution in [0.25, 0.3) is 0 Å². The van der Waals surface area contributed by atoms with Crippen molar-refractivity contribution in [1.82, 2.24) is 0 Å². The lowest BCUT2D eigenvalue weighted by molar-refractivity contribution is -0.202. The van der Waals surface area contributed by atoms with Gasteiger partial charge in [-0.05, 0) is 31.1 Å². The lowest BCUT2D eigenvalue weighted by Crippen LogP contribution is -2.70. The van der Waals surface area contributed by atoms with Crippen LogP contribution in [-0.4, -0.2) is 33.5 Å². The molecule has 0 radical (unpaired) electrons. The van der Waals surface area contributed by atoms with Crippen LogP contribution >= 0.6 is 0 Å². The molecule has 0 aliphatic heterocycles. The maximum atomic E-state index is 12.3. The molecule has 0 amide bonds. The first-order chi connectivity index (χ1) is 8.68. The molecule has 102 valence electrons. The largest absolute Gasteiger partial charge is 0.392 e. The van der Waals surface area contributed by atoms with Gasteiger partial charge >= 0.3 is 0 Å². The van der Waals surface area contributed by atoms with Crippen molar-refractivity contribution in [2.24, 2.45) is 16.7 Å². The molecule has 0 aromatic carbocycles. The summed E-state index contributed by atoms with van der Waals surface area (Å²) in [4.78, 5) is 24.5. The highest BCUT2D eigenvalue weighted by molar-refractivity contribution is 6.05. The topological polar surface area (TPSA) is 74.6 Å². The lowest BCUT2D eigenvalue weighted by Gasteiger charge is -2.61. The molecule has 1 saturated carbocycles. The van der Waals surface area contributed by atoms with Crippen molar-refractivity contribution >= 4 is 11.6 Å². The minimum Gasteiger partial charge on any atom is -0.392 e. The summed E-state index contributed by atoms with van der Waals surface area (Å²) in [5.41, 5.74) is -2.52. The quantitative estimate of drug-likeness (QED) is 0.676. The molecular weight excluding hydrogens is 244 g/mol. The van der Waals surface area contributed by atoms with Crippen LogP contribution in [0.15, 0.2) is 23.8 Å². The Bertz CT molecular complexity index is 560. The Kier molecular flexibility index (Phi) is 2.18. The van der Waals surface area contributed by atoms with Crippen LogP contribution in [0.5, 0.6) is 0 Å². The van der Waals surface area contributed by atoms with E-state index < -0.39 is 28.5 Å². The summed E-state index contributed by atoms with van der Waals surface area (Å²) in [5, 5.41) is 21.2. The summed E-state index contributed by atoms with van der Waals surface area (Å²) < 4.78 is 0. The Morgan fingerprint density at radius 2 is 1.84 bits per heavy atom. The first-order valence-electron chi connectivity index (χ1n) is 6.57. The predicted octanol–water partition coefficient (Wildman–Crippen LogP) is 0.779. The molecule has 3 rings (SSSR count). The fraction of sp³-hybridized carbons (Fsp3) is 0.600. The molecule has 4 nitrogen and oxygen atoms in total. The van der Waals surface area contributed by atoms with Crippen molar-refractivity contribution in [3.63, 3.8) is 0 Å². The molecule has 0 spiro atoms. The molecule has 2 N–H and O–H groups in total. The third-order valence-electron chi connectivity index (χ3n) is 5.86. The average molecular weight is 262 g/mol. The zero-order valence-corrected chi connectivity index (χ0v) is 11.3. The lowest BCUT2D eigenvalue weighted by atomic mass is 9.42. The first kappa shape index (κ1) is 12.8. The van der Waals surface area contributed by atoms with E-state index in [-0.39, 0.29) is 18.0 Å². The third-order valence-corrected chi connectivity index (χ3v) is 5.86. The van der Waals surface area contributed by atoms with E-state index in [1.54, 1.807) is 19.9 Å². The van der Waals surface area contributed by atoms with E-state index in [1.807, 2.05) is 6.92 Å². The van der Waals surface area contributed by atoms with Crippen molar-refractivity contribution in [3.8, 4) is 0 Å². The number of hydrogen-bond acceptors (Lipinski definition) is 4. The smallest absolute Gasteiger partial charge is 0.187 e. The number of hydrogen-bond donors (Lipinski definition) is 2. The number of ketones is 2. The van der Waals surface area contributed by atoms with E-state index in [9.17, 15) is 19.8 Å². The normalized spacial score (nSPS) is 52.2. The monoisotopic (exact) mass is 262 g/mol. The minimum atomic E-state index is -1.57. The van der Waals surface area contributed by atoms with Crippen molar-refractivity contribution in [2.75, 3.05) is 0 Å². The molecule has 19 heavy (non-hydrogen) atoms. The highest BCUT2D eigenvalue weighted by Gasteiger charge is 2.69. The van der Waals surface area contributed by atoms with Gasteiger partial charge in [0.25, 0.3) is 0 Å². The van der Waals surface area contributed by atoms with Gasteiger partial charge in [-0.25, -0.2) is 0 Å². The van der Waals surface area contributed by atoms with E-state index in [2.05, 4.69) is 0 Å². The highest BCUT2D eigenvalue weighted by atomic mass is 16.3. The number of allylic oxidation sites excluding steroid dienone is 3. The van der Waals surface area contributed by atoms with E-state index in [0.717, 1.165) is 5.57 Å². The summed E-state index contributed by atoms with van der Waals surface area (Å²) in [6.07, 6.45) is 3.67. The minimum absolute atomic E-state index is 0.136. The molecule has 3 aliphatic carbocycles. The van der Waals surface area contributed by atoms with Gasteiger partial charge in [-0.2, -0.15) is 0 Å². The van der Waals surface area contributed by atoms with E-state index in [1.165, 1.54) is 12.2 Å². The van der Waals surface area contributed by atoms with Gasteiger partial charge in [-0.3, -0.25) is 9.59 Å². The van der Waals surface area contributed by atoms with E-state index >= 15 is 0 Å². The highest BCUT2D eigenvalue weighted by Crippen LogP contribution is 2.63. The Balaban J connectivity index is 2.35. The van der Waals surface area contributed by atoms with Crippen molar-refractivity contribution < 1.29 is 19.8 Å². The number of aliphatic hydroxyl groups is 2. The summed E-state index contributed by atoms with van der Waals surface area (Å²) in [6, 6.07) is 0. The van der Waals surface area contributed by atoms with Gasteiger partial charge in [0.15, 0.2) is 11.6 Å². The SMILES string of the molecule is C[C@@H]1[C@@H](O)[C@]2(C)C(=O)C=CC3=CC(=O)[C@@]1(O)C[C@@]32C. The molecule has 0 aromatic rings. The van der Waals surface area contributed by atoms with Crippen LogP contribution in [0.2, 0.25) is 0 Å². The second-order valence-corrected chi connectivity index (χ2v) is 6.53. The Morgan fingerprint density at radius 3 is 2.47 bits per heavy atom. The number of rotatable bonds is 0. The molecule has 0 unspecified atom stereocenters. The summed E-state index contributed by atoms with van der Waals surface area (Å²) in [7, 11) is 0. The van der Waals surface area contributed by atoms with Gasteiger partial charge in [0, 0.05) is 11.3 Å². The molecule has 5 atom stereocenters. The maximum Gasteiger partial charge on any atom is 0.187 e. The second-order valence-electron chi connectivity index (χ2n) is 6.53. The Labute approximate surface area is 111 Å². The Morgan fingerprint density at radius 1 is 1.21 bits per heavy atom. The molecule has 1 fully saturated rings. The van der Waals surface area contributed by atoms with Crippen molar-refractivity contribution in [2.45, 2.75) is 38.9 Å². The zero-order chi connectivity index (χ0) is 14.2. The van der Waals surface area contributed by atoms with Crippen LogP contribution in [0.3, 0.4) is 0 Å². The van der Waals surface area contributed by atoms with Gasteiger partial charge in [-0.15, -0.1) is 0 Å². The average Bonchev–Trinajstić information content (AvgIpc) is 2.35. The van der Waals surface area contributed by atoms with Crippen LogP contribution in [0.4, 0.5) is 0 Å². The Hall–Kier alpha value is -1.26.